The zero-order chi connectivity index (χ0) is 20.0. The summed E-state index contributed by atoms with van der Waals surface area (Å²) in [5.74, 6) is 0.279. The van der Waals surface area contributed by atoms with Gasteiger partial charge in [-0.05, 0) is 43.9 Å². The van der Waals surface area contributed by atoms with Crippen molar-refractivity contribution < 1.29 is 9.59 Å². The van der Waals surface area contributed by atoms with Crippen molar-refractivity contribution in [2.75, 3.05) is 18.9 Å². The summed E-state index contributed by atoms with van der Waals surface area (Å²) >= 11 is 6.36. The summed E-state index contributed by atoms with van der Waals surface area (Å²) in [6.07, 6.45) is 5.72. The van der Waals surface area contributed by atoms with Gasteiger partial charge in [0.15, 0.2) is 0 Å². The second-order valence-corrected chi connectivity index (χ2v) is 8.26. The normalized spacial score (nSPS) is 16.1. The van der Waals surface area contributed by atoms with Crippen molar-refractivity contribution >= 4 is 29.1 Å². The first-order valence-electron chi connectivity index (χ1n) is 9.89. The number of hydrogen-bond donors (Lipinski definition) is 2. The topological polar surface area (TPSA) is 61.4 Å². The van der Waals surface area contributed by atoms with Crippen molar-refractivity contribution in [2.45, 2.75) is 65.0 Å². The third-order valence-electron chi connectivity index (χ3n) is 5.48. The molecule has 0 spiro atoms. The van der Waals surface area contributed by atoms with Crippen LogP contribution in [0.3, 0.4) is 0 Å². The fourth-order valence-electron chi connectivity index (χ4n) is 3.28. The van der Waals surface area contributed by atoms with Crippen molar-refractivity contribution in [3.8, 4) is 0 Å². The maximum absolute atomic E-state index is 12.8. The molecule has 150 valence electrons. The molecule has 2 N–H and O–H groups in total. The molecule has 0 radical (unpaired) electrons. The molecular weight excluding hydrogens is 362 g/mol. The first-order valence-corrected chi connectivity index (χ1v) is 10.3. The Bertz CT molecular complexity index is 657. The van der Waals surface area contributed by atoms with Crippen LogP contribution in [0.1, 0.15) is 63.2 Å². The number of carbonyl (C=O) groups is 2. The second kappa shape index (κ2) is 9.98. The fourth-order valence-corrected chi connectivity index (χ4v) is 3.54. The Hall–Kier alpha value is -1.75. The van der Waals surface area contributed by atoms with Gasteiger partial charge in [0.1, 0.15) is 0 Å². The molecule has 0 saturated heterocycles. The minimum absolute atomic E-state index is 0.0399. The number of nitrogens with one attached hydrogen (secondary N) is 2. The van der Waals surface area contributed by atoms with Crippen LogP contribution in [0.25, 0.3) is 0 Å². The summed E-state index contributed by atoms with van der Waals surface area (Å²) in [6, 6.07) is 5.67. The van der Waals surface area contributed by atoms with Gasteiger partial charge >= 0.3 is 0 Å². The Morgan fingerprint density at radius 1 is 1.19 bits per heavy atom. The second-order valence-electron chi connectivity index (χ2n) is 7.86. The van der Waals surface area contributed by atoms with E-state index in [1.54, 1.807) is 18.2 Å². The fraction of sp³-hybridized carbons (Fsp3) is 0.619. The minimum atomic E-state index is -0.0653. The van der Waals surface area contributed by atoms with E-state index in [0.717, 1.165) is 18.5 Å². The van der Waals surface area contributed by atoms with E-state index >= 15 is 0 Å². The van der Waals surface area contributed by atoms with Gasteiger partial charge in [-0.2, -0.15) is 0 Å². The van der Waals surface area contributed by atoms with Crippen LogP contribution in [0.15, 0.2) is 18.2 Å². The number of carbonyl (C=O) groups excluding carboxylic acids is 2. The third-order valence-corrected chi connectivity index (χ3v) is 5.80. The number of rotatable bonds is 7. The molecule has 1 saturated carbocycles. The van der Waals surface area contributed by atoms with Gasteiger partial charge in [-0.25, -0.2) is 0 Å². The standard InChI is InChI=1S/C21H32ClN3O2/c1-14(2)15(3)24-20(26)13-23-16-10-11-18(19(22)12-16)21(27)25(4)17-8-6-5-7-9-17/h10-12,14-15,17,23H,5-9,13H2,1-4H3,(H,24,26). The highest BCUT2D eigenvalue weighted by Gasteiger charge is 2.24. The Morgan fingerprint density at radius 3 is 2.44 bits per heavy atom. The van der Waals surface area contributed by atoms with Gasteiger partial charge in [0, 0.05) is 24.8 Å². The van der Waals surface area contributed by atoms with E-state index in [0.29, 0.717) is 22.5 Å². The molecule has 1 aliphatic carbocycles. The predicted octanol–water partition coefficient (Wildman–Crippen LogP) is 4.32. The largest absolute Gasteiger partial charge is 0.376 e. The lowest BCUT2D eigenvalue weighted by Crippen LogP contribution is -2.39. The van der Waals surface area contributed by atoms with Crippen molar-refractivity contribution in [1.29, 1.82) is 0 Å². The molecule has 2 rings (SSSR count). The van der Waals surface area contributed by atoms with E-state index in [4.69, 9.17) is 11.6 Å². The van der Waals surface area contributed by atoms with Crippen LogP contribution < -0.4 is 10.6 Å². The van der Waals surface area contributed by atoms with E-state index in [1.807, 2.05) is 18.9 Å². The lowest BCUT2D eigenvalue weighted by Gasteiger charge is -2.31. The number of amides is 2. The number of hydrogen-bond acceptors (Lipinski definition) is 3. The van der Waals surface area contributed by atoms with Gasteiger partial charge in [-0.3, -0.25) is 9.59 Å². The molecule has 2 amide bonds. The highest BCUT2D eigenvalue weighted by atomic mass is 35.5. The Morgan fingerprint density at radius 2 is 1.85 bits per heavy atom. The number of nitrogens with zero attached hydrogens (tertiary/aromatic N) is 1. The highest BCUT2D eigenvalue weighted by molar-refractivity contribution is 6.34. The van der Waals surface area contributed by atoms with Crippen LogP contribution in [0.4, 0.5) is 5.69 Å². The van der Waals surface area contributed by atoms with Crippen molar-refractivity contribution in [3.05, 3.63) is 28.8 Å². The van der Waals surface area contributed by atoms with E-state index in [-0.39, 0.29) is 24.4 Å². The molecule has 0 aromatic heterocycles. The molecule has 0 aliphatic heterocycles. The van der Waals surface area contributed by atoms with E-state index in [9.17, 15) is 9.59 Å². The summed E-state index contributed by atoms with van der Waals surface area (Å²) in [4.78, 5) is 26.6. The number of benzene rings is 1. The van der Waals surface area contributed by atoms with Gasteiger partial charge in [0.05, 0.1) is 17.1 Å². The third kappa shape index (κ3) is 6.13. The highest BCUT2D eigenvalue weighted by Crippen LogP contribution is 2.26. The number of halogens is 1. The molecule has 1 fully saturated rings. The molecule has 1 unspecified atom stereocenters. The minimum Gasteiger partial charge on any atom is -0.376 e. The quantitative estimate of drug-likeness (QED) is 0.725. The molecule has 0 heterocycles. The lowest BCUT2D eigenvalue weighted by molar-refractivity contribution is -0.120. The molecular formula is C21H32ClN3O2. The smallest absolute Gasteiger partial charge is 0.255 e. The summed E-state index contributed by atoms with van der Waals surface area (Å²) in [6.45, 7) is 6.29. The molecule has 0 bridgehead atoms. The van der Waals surface area contributed by atoms with Crippen LogP contribution >= 0.6 is 11.6 Å². The molecule has 1 aromatic carbocycles. The van der Waals surface area contributed by atoms with Gasteiger partial charge < -0.3 is 15.5 Å². The monoisotopic (exact) mass is 393 g/mol. The Balaban J connectivity index is 1.94. The first kappa shape index (κ1) is 21.5. The Kier molecular flexibility index (Phi) is 7.96. The van der Waals surface area contributed by atoms with Crippen LogP contribution in [-0.4, -0.2) is 42.4 Å². The molecule has 1 atom stereocenters. The van der Waals surface area contributed by atoms with Crippen LogP contribution in [-0.2, 0) is 4.79 Å². The van der Waals surface area contributed by atoms with Gasteiger partial charge in [0.25, 0.3) is 5.91 Å². The van der Waals surface area contributed by atoms with Crippen molar-refractivity contribution in [2.24, 2.45) is 5.92 Å². The number of anilines is 1. The predicted molar refractivity (Wildman–Crippen MR) is 111 cm³/mol. The summed E-state index contributed by atoms with van der Waals surface area (Å²) < 4.78 is 0. The first-order chi connectivity index (χ1) is 12.8. The molecule has 1 aliphatic rings. The molecule has 5 nitrogen and oxygen atoms in total. The van der Waals surface area contributed by atoms with Crippen molar-refractivity contribution in [1.82, 2.24) is 10.2 Å². The zero-order valence-corrected chi connectivity index (χ0v) is 17.6. The molecule has 1 aromatic rings. The van der Waals surface area contributed by atoms with E-state index in [1.165, 1.54) is 19.3 Å². The van der Waals surface area contributed by atoms with Crippen LogP contribution in [0.5, 0.6) is 0 Å². The summed E-state index contributed by atoms with van der Waals surface area (Å²) in [5.41, 5.74) is 1.23. The maximum Gasteiger partial charge on any atom is 0.255 e. The van der Waals surface area contributed by atoms with Crippen LogP contribution in [0, 0.1) is 5.92 Å². The zero-order valence-electron chi connectivity index (χ0n) is 16.8. The van der Waals surface area contributed by atoms with E-state index < -0.39 is 0 Å². The molecule has 27 heavy (non-hydrogen) atoms. The average Bonchev–Trinajstić information content (AvgIpc) is 2.66. The van der Waals surface area contributed by atoms with Crippen LogP contribution in [0.2, 0.25) is 5.02 Å². The van der Waals surface area contributed by atoms with Gasteiger partial charge in [-0.15, -0.1) is 0 Å². The maximum atomic E-state index is 12.8. The van der Waals surface area contributed by atoms with Gasteiger partial charge in [-0.1, -0.05) is 44.7 Å². The van der Waals surface area contributed by atoms with Crippen molar-refractivity contribution in [3.63, 3.8) is 0 Å². The van der Waals surface area contributed by atoms with E-state index in [2.05, 4.69) is 24.5 Å². The van der Waals surface area contributed by atoms with Gasteiger partial charge in [0.2, 0.25) is 5.91 Å². The Labute approximate surface area is 167 Å². The SMILES string of the molecule is CC(C)C(C)NC(=O)CNc1ccc(C(=O)N(C)C2CCCCC2)c(Cl)c1. The molecule has 6 heteroatoms. The summed E-state index contributed by atoms with van der Waals surface area (Å²) in [5, 5.41) is 6.42. The summed E-state index contributed by atoms with van der Waals surface area (Å²) in [7, 11) is 1.86. The average molecular weight is 394 g/mol. The lowest BCUT2D eigenvalue weighted by atomic mass is 9.94.